The molecule has 1 aromatic carbocycles. The minimum Gasteiger partial charge on any atom is -0.370 e. The van der Waals surface area contributed by atoms with E-state index in [9.17, 15) is 9.59 Å². The SMILES string of the molecule is CNC(=O)CCC(=O)N1CCOC(c2ccc(Cl)c(Cl)c2)C1. The monoisotopic (exact) mass is 344 g/mol. The van der Waals surface area contributed by atoms with E-state index in [-0.39, 0.29) is 30.8 Å². The lowest BCUT2D eigenvalue weighted by molar-refractivity contribution is -0.140. The maximum Gasteiger partial charge on any atom is 0.223 e. The molecule has 0 radical (unpaired) electrons. The van der Waals surface area contributed by atoms with Crippen LogP contribution in [0.4, 0.5) is 0 Å². The lowest BCUT2D eigenvalue weighted by atomic mass is 10.1. The quantitative estimate of drug-likeness (QED) is 0.912. The lowest BCUT2D eigenvalue weighted by Crippen LogP contribution is -2.42. The molecule has 1 aliphatic heterocycles. The van der Waals surface area contributed by atoms with E-state index < -0.39 is 0 Å². The normalized spacial score (nSPS) is 18.1. The van der Waals surface area contributed by atoms with Crippen molar-refractivity contribution in [1.29, 1.82) is 0 Å². The van der Waals surface area contributed by atoms with Crippen LogP contribution in [-0.4, -0.2) is 43.5 Å². The first-order chi connectivity index (χ1) is 10.5. The molecule has 2 amide bonds. The van der Waals surface area contributed by atoms with E-state index in [1.807, 2.05) is 6.07 Å². The van der Waals surface area contributed by atoms with Crippen LogP contribution in [0.25, 0.3) is 0 Å². The highest BCUT2D eigenvalue weighted by molar-refractivity contribution is 6.42. The van der Waals surface area contributed by atoms with Gasteiger partial charge in [-0.2, -0.15) is 0 Å². The van der Waals surface area contributed by atoms with Gasteiger partial charge in [0.25, 0.3) is 0 Å². The van der Waals surface area contributed by atoms with Crippen LogP contribution in [0.15, 0.2) is 18.2 Å². The number of hydrogen-bond acceptors (Lipinski definition) is 3. The fraction of sp³-hybridized carbons (Fsp3) is 0.467. The molecule has 0 bridgehead atoms. The van der Waals surface area contributed by atoms with Crippen LogP contribution >= 0.6 is 23.2 Å². The molecule has 0 aliphatic carbocycles. The second kappa shape index (κ2) is 7.81. The number of rotatable bonds is 4. The van der Waals surface area contributed by atoms with Gasteiger partial charge in [0, 0.05) is 26.4 Å². The smallest absolute Gasteiger partial charge is 0.223 e. The van der Waals surface area contributed by atoms with Gasteiger partial charge in [0.15, 0.2) is 0 Å². The molecule has 0 aromatic heterocycles. The van der Waals surface area contributed by atoms with E-state index in [1.165, 1.54) is 0 Å². The zero-order chi connectivity index (χ0) is 16.1. The lowest BCUT2D eigenvalue weighted by Gasteiger charge is -2.33. The van der Waals surface area contributed by atoms with Crippen LogP contribution in [0.5, 0.6) is 0 Å². The van der Waals surface area contributed by atoms with E-state index >= 15 is 0 Å². The van der Waals surface area contributed by atoms with Gasteiger partial charge < -0.3 is 15.0 Å². The number of ether oxygens (including phenoxy) is 1. The fourth-order valence-corrected chi connectivity index (χ4v) is 2.60. The van der Waals surface area contributed by atoms with Crippen molar-refractivity contribution in [2.24, 2.45) is 0 Å². The van der Waals surface area contributed by atoms with Crippen molar-refractivity contribution in [3.05, 3.63) is 33.8 Å². The second-order valence-electron chi connectivity index (χ2n) is 5.05. The van der Waals surface area contributed by atoms with Crippen LogP contribution in [-0.2, 0) is 14.3 Å². The molecular weight excluding hydrogens is 327 g/mol. The van der Waals surface area contributed by atoms with Crippen molar-refractivity contribution >= 4 is 35.0 Å². The molecule has 22 heavy (non-hydrogen) atoms. The zero-order valence-electron chi connectivity index (χ0n) is 12.3. The Bertz CT molecular complexity index is 566. The minimum atomic E-state index is -0.229. The van der Waals surface area contributed by atoms with Crippen molar-refractivity contribution in [1.82, 2.24) is 10.2 Å². The Kier molecular flexibility index (Phi) is 6.06. The van der Waals surface area contributed by atoms with E-state index in [0.717, 1.165) is 5.56 Å². The van der Waals surface area contributed by atoms with Crippen LogP contribution in [0.1, 0.15) is 24.5 Å². The minimum absolute atomic E-state index is 0.0445. The maximum absolute atomic E-state index is 12.2. The third kappa shape index (κ3) is 4.35. The maximum atomic E-state index is 12.2. The summed E-state index contributed by atoms with van der Waals surface area (Å²) in [5.74, 6) is -0.181. The summed E-state index contributed by atoms with van der Waals surface area (Å²) < 4.78 is 5.71. The second-order valence-corrected chi connectivity index (χ2v) is 5.86. The third-order valence-corrected chi connectivity index (χ3v) is 4.32. The summed E-state index contributed by atoms with van der Waals surface area (Å²) in [5.41, 5.74) is 0.887. The van der Waals surface area contributed by atoms with Crippen LogP contribution in [0, 0.1) is 0 Å². The highest BCUT2D eigenvalue weighted by atomic mass is 35.5. The average Bonchev–Trinajstić information content (AvgIpc) is 2.54. The molecule has 2 rings (SSSR count). The molecule has 5 nitrogen and oxygen atoms in total. The first-order valence-corrected chi connectivity index (χ1v) is 7.81. The predicted octanol–water partition coefficient (Wildman–Crippen LogP) is 2.42. The van der Waals surface area contributed by atoms with Gasteiger partial charge >= 0.3 is 0 Å². The summed E-state index contributed by atoms with van der Waals surface area (Å²) in [5, 5.41) is 3.46. The van der Waals surface area contributed by atoms with Crippen LogP contribution in [0.2, 0.25) is 10.0 Å². The van der Waals surface area contributed by atoms with Crippen molar-refractivity contribution in [3.63, 3.8) is 0 Å². The predicted molar refractivity (Wildman–Crippen MR) is 85.0 cm³/mol. The summed E-state index contributed by atoms with van der Waals surface area (Å²) in [6, 6.07) is 5.32. The van der Waals surface area contributed by atoms with E-state index in [0.29, 0.717) is 29.7 Å². The summed E-state index contributed by atoms with van der Waals surface area (Å²) in [7, 11) is 1.56. The number of hydrogen-bond donors (Lipinski definition) is 1. The molecule has 7 heteroatoms. The van der Waals surface area contributed by atoms with Gasteiger partial charge in [-0.05, 0) is 17.7 Å². The largest absolute Gasteiger partial charge is 0.370 e. The van der Waals surface area contributed by atoms with Gasteiger partial charge in [-0.15, -0.1) is 0 Å². The Morgan fingerprint density at radius 3 is 2.77 bits per heavy atom. The van der Waals surface area contributed by atoms with Crippen molar-refractivity contribution in [2.75, 3.05) is 26.7 Å². The number of carbonyl (C=O) groups excluding carboxylic acids is 2. The molecule has 1 saturated heterocycles. The Hall–Kier alpha value is -1.30. The van der Waals surface area contributed by atoms with Gasteiger partial charge in [0.05, 0.1) is 23.2 Å². The Labute approximate surface area is 139 Å². The van der Waals surface area contributed by atoms with E-state index in [2.05, 4.69) is 5.32 Å². The number of morpholine rings is 1. The molecule has 120 valence electrons. The number of amides is 2. The Balaban J connectivity index is 1.97. The molecule has 0 saturated carbocycles. The highest BCUT2D eigenvalue weighted by Crippen LogP contribution is 2.29. The topological polar surface area (TPSA) is 58.6 Å². The molecule has 0 spiro atoms. The number of carbonyl (C=O) groups is 2. The molecule has 1 atom stereocenters. The molecule has 1 aromatic rings. The Morgan fingerprint density at radius 2 is 2.09 bits per heavy atom. The van der Waals surface area contributed by atoms with Crippen LogP contribution < -0.4 is 5.32 Å². The zero-order valence-corrected chi connectivity index (χ0v) is 13.8. The van der Waals surface area contributed by atoms with E-state index in [1.54, 1.807) is 24.1 Å². The van der Waals surface area contributed by atoms with Crippen molar-refractivity contribution in [3.8, 4) is 0 Å². The third-order valence-electron chi connectivity index (χ3n) is 3.58. The van der Waals surface area contributed by atoms with Gasteiger partial charge in [0.2, 0.25) is 11.8 Å². The first kappa shape index (κ1) is 17.1. The summed E-state index contributed by atoms with van der Waals surface area (Å²) in [4.78, 5) is 25.1. The molecule has 1 unspecified atom stereocenters. The van der Waals surface area contributed by atoms with Crippen molar-refractivity contribution in [2.45, 2.75) is 18.9 Å². The molecule has 1 heterocycles. The van der Waals surface area contributed by atoms with Crippen LogP contribution in [0.3, 0.4) is 0 Å². The summed E-state index contributed by atoms with van der Waals surface area (Å²) in [6.45, 7) is 1.44. The molecular formula is C15H18Cl2N2O3. The Morgan fingerprint density at radius 1 is 1.32 bits per heavy atom. The number of benzene rings is 1. The standard InChI is InChI=1S/C15H18Cl2N2O3/c1-18-14(20)4-5-15(21)19-6-7-22-13(9-19)10-2-3-11(16)12(17)8-10/h2-3,8,13H,4-7,9H2,1H3,(H,18,20). The number of halogens is 2. The van der Waals surface area contributed by atoms with Gasteiger partial charge in [-0.25, -0.2) is 0 Å². The first-order valence-electron chi connectivity index (χ1n) is 7.06. The van der Waals surface area contributed by atoms with Gasteiger partial charge in [0.1, 0.15) is 6.10 Å². The summed E-state index contributed by atoms with van der Waals surface area (Å²) in [6.07, 6.45) is 0.171. The van der Waals surface area contributed by atoms with Gasteiger partial charge in [-0.3, -0.25) is 9.59 Å². The van der Waals surface area contributed by atoms with Crippen molar-refractivity contribution < 1.29 is 14.3 Å². The molecule has 1 N–H and O–H groups in total. The van der Waals surface area contributed by atoms with Gasteiger partial charge in [-0.1, -0.05) is 29.3 Å². The highest BCUT2D eigenvalue weighted by Gasteiger charge is 2.25. The molecule has 1 aliphatic rings. The fourth-order valence-electron chi connectivity index (χ4n) is 2.29. The van der Waals surface area contributed by atoms with E-state index in [4.69, 9.17) is 27.9 Å². The number of nitrogens with zero attached hydrogens (tertiary/aromatic N) is 1. The average molecular weight is 345 g/mol. The number of nitrogens with one attached hydrogen (secondary N) is 1. The molecule has 1 fully saturated rings. The summed E-state index contributed by atoms with van der Waals surface area (Å²) >= 11 is 11.9.